The Hall–Kier alpha value is -2.69. The molecule has 5 heteroatoms. The van der Waals surface area contributed by atoms with Gasteiger partial charge in [0, 0.05) is 10.6 Å². The van der Waals surface area contributed by atoms with E-state index in [4.69, 9.17) is 0 Å². The highest BCUT2D eigenvalue weighted by molar-refractivity contribution is 5.98. The Morgan fingerprint density at radius 2 is 1.64 bits per heavy atom. The van der Waals surface area contributed by atoms with E-state index >= 15 is 0 Å². The topological polar surface area (TPSA) is 63.4 Å². The number of carbonyl (C=O) groups is 1. The monoisotopic (exact) mass is 296 g/mol. The lowest BCUT2D eigenvalue weighted by molar-refractivity contribution is -0.485. The zero-order chi connectivity index (χ0) is 15.5. The van der Waals surface area contributed by atoms with Gasteiger partial charge in [-0.2, -0.15) is 0 Å². The first-order valence-corrected chi connectivity index (χ1v) is 7.21. The van der Waals surface area contributed by atoms with Gasteiger partial charge in [-0.05, 0) is 24.1 Å². The van der Waals surface area contributed by atoms with Crippen LogP contribution in [0.25, 0.3) is 0 Å². The normalized spacial score (nSPS) is 21.1. The van der Waals surface area contributed by atoms with Gasteiger partial charge in [-0.15, -0.1) is 0 Å². The lowest BCUT2D eigenvalue weighted by Crippen LogP contribution is -2.31. The van der Waals surface area contributed by atoms with Crippen molar-refractivity contribution in [1.29, 1.82) is 0 Å². The van der Waals surface area contributed by atoms with E-state index in [1.54, 1.807) is 4.90 Å². The molecule has 1 aliphatic rings. The Labute approximate surface area is 128 Å². The van der Waals surface area contributed by atoms with Crippen molar-refractivity contribution in [2.24, 2.45) is 5.92 Å². The van der Waals surface area contributed by atoms with Gasteiger partial charge in [0.25, 0.3) is 0 Å². The molecule has 1 fully saturated rings. The number of carbonyl (C=O) groups excluding carboxylic acids is 1. The lowest BCUT2D eigenvalue weighted by atomic mass is 9.99. The minimum absolute atomic E-state index is 0.152. The maximum Gasteiger partial charge on any atom is 0.237 e. The van der Waals surface area contributed by atoms with Crippen LogP contribution in [-0.4, -0.2) is 17.4 Å². The van der Waals surface area contributed by atoms with Crippen LogP contribution in [0.4, 0.5) is 5.69 Å². The maximum absolute atomic E-state index is 12.6. The van der Waals surface area contributed by atoms with Gasteiger partial charge in [-0.3, -0.25) is 14.9 Å². The average molecular weight is 296 g/mol. The van der Waals surface area contributed by atoms with Gasteiger partial charge < -0.3 is 4.90 Å². The third-order valence-electron chi connectivity index (χ3n) is 3.99. The third-order valence-corrected chi connectivity index (χ3v) is 3.99. The van der Waals surface area contributed by atoms with Gasteiger partial charge in [0.15, 0.2) is 0 Å². The van der Waals surface area contributed by atoms with E-state index in [0.717, 1.165) is 11.3 Å². The molecular formula is C17H16N2O3. The van der Waals surface area contributed by atoms with E-state index in [2.05, 4.69) is 0 Å². The summed E-state index contributed by atoms with van der Waals surface area (Å²) >= 11 is 0. The first kappa shape index (κ1) is 14.3. The van der Waals surface area contributed by atoms with Crippen molar-refractivity contribution in [3.63, 3.8) is 0 Å². The fourth-order valence-electron chi connectivity index (χ4n) is 3.01. The molecule has 2 aromatic carbocycles. The second-order valence-corrected chi connectivity index (χ2v) is 5.42. The summed E-state index contributed by atoms with van der Waals surface area (Å²) in [6, 6.07) is 18.9. The van der Waals surface area contributed by atoms with Crippen molar-refractivity contribution in [1.82, 2.24) is 0 Å². The highest BCUT2D eigenvalue weighted by Crippen LogP contribution is 2.39. The van der Waals surface area contributed by atoms with Crippen LogP contribution >= 0.6 is 0 Å². The predicted octanol–water partition coefficient (Wildman–Crippen LogP) is 3.06. The smallest absolute Gasteiger partial charge is 0.237 e. The number of rotatable bonds is 4. The quantitative estimate of drug-likeness (QED) is 0.643. The van der Waals surface area contributed by atoms with Gasteiger partial charge in [-0.1, -0.05) is 48.5 Å². The van der Waals surface area contributed by atoms with Gasteiger partial charge in [-0.25, -0.2) is 0 Å². The summed E-state index contributed by atoms with van der Waals surface area (Å²) in [7, 11) is 0. The van der Waals surface area contributed by atoms with Crippen molar-refractivity contribution in [2.45, 2.75) is 12.5 Å². The molecule has 1 saturated heterocycles. The number of para-hydroxylation sites is 1. The molecule has 0 saturated carbocycles. The summed E-state index contributed by atoms with van der Waals surface area (Å²) < 4.78 is 0. The van der Waals surface area contributed by atoms with E-state index in [9.17, 15) is 14.9 Å². The number of benzene rings is 2. The maximum atomic E-state index is 12.6. The second kappa shape index (κ2) is 5.97. The molecule has 5 nitrogen and oxygen atoms in total. The Morgan fingerprint density at radius 3 is 2.23 bits per heavy atom. The largest absolute Gasteiger partial charge is 0.304 e. The number of nitrogens with zero attached hydrogens (tertiary/aromatic N) is 2. The van der Waals surface area contributed by atoms with Crippen LogP contribution in [0.2, 0.25) is 0 Å². The highest BCUT2D eigenvalue weighted by Gasteiger charge is 2.43. The molecule has 2 atom stereocenters. The minimum atomic E-state index is -0.569. The number of anilines is 1. The standard InChI is InChI=1S/C17H16N2O3/c20-17-14(12-18(21)22)11-16(13-7-3-1-4-8-13)19(17)15-9-5-2-6-10-15/h1-10,14,16H,11-12H2/t14-,16?/m1/s1. The van der Waals surface area contributed by atoms with Crippen LogP contribution in [0.3, 0.4) is 0 Å². The van der Waals surface area contributed by atoms with Gasteiger partial charge in [0.2, 0.25) is 12.5 Å². The molecule has 22 heavy (non-hydrogen) atoms. The SMILES string of the molecule is O=C1[C@@H](C[N+](=O)[O-])CC(c2ccccc2)N1c1ccccc1. The van der Waals surface area contributed by atoms with Crippen molar-refractivity contribution in [3.05, 3.63) is 76.3 Å². The molecule has 0 radical (unpaired) electrons. The molecule has 0 aliphatic carbocycles. The minimum Gasteiger partial charge on any atom is -0.304 e. The van der Waals surface area contributed by atoms with Crippen molar-refractivity contribution in [2.75, 3.05) is 11.4 Å². The molecule has 1 unspecified atom stereocenters. The Bertz CT molecular complexity index is 673. The Morgan fingerprint density at radius 1 is 1.05 bits per heavy atom. The zero-order valence-corrected chi connectivity index (χ0v) is 12.0. The van der Waals surface area contributed by atoms with E-state index < -0.39 is 10.8 Å². The number of nitro groups is 1. The molecule has 0 spiro atoms. The molecule has 0 bridgehead atoms. The molecular weight excluding hydrogens is 280 g/mol. The first-order chi connectivity index (χ1) is 10.7. The van der Waals surface area contributed by atoms with E-state index in [1.165, 1.54) is 0 Å². The van der Waals surface area contributed by atoms with E-state index in [-0.39, 0.29) is 18.5 Å². The van der Waals surface area contributed by atoms with E-state index in [1.807, 2.05) is 60.7 Å². The summed E-state index contributed by atoms with van der Waals surface area (Å²) in [6.07, 6.45) is 0.471. The molecule has 1 heterocycles. The number of amides is 1. The molecule has 0 N–H and O–H groups in total. The molecule has 3 rings (SSSR count). The van der Waals surface area contributed by atoms with Crippen LogP contribution in [0.1, 0.15) is 18.0 Å². The number of hydrogen-bond donors (Lipinski definition) is 0. The number of hydrogen-bond acceptors (Lipinski definition) is 3. The summed E-state index contributed by atoms with van der Waals surface area (Å²) in [5.74, 6) is -0.739. The average Bonchev–Trinajstić information content (AvgIpc) is 2.85. The van der Waals surface area contributed by atoms with Crippen molar-refractivity contribution in [3.8, 4) is 0 Å². The fraction of sp³-hybridized carbons (Fsp3) is 0.235. The predicted molar refractivity (Wildman–Crippen MR) is 83.1 cm³/mol. The molecule has 1 amide bonds. The third kappa shape index (κ3) is 2.70. The molecule has 0 aromatic heterocycles. The van der Waals surface area contributed by atoms with Crippen LogP contribution in [0.5, 0.6) is 0 Å². The first-order valence-electron chi connectivity index (χ1n) is 7.21. The van der Waals surface area contributed by atoms with Crippen molar-refractivity contribution >= 4 is 11.6 Å². The van der Waals surface area contributed by atoms with Crippen molar-refractivity contribution < 1.29 is 9.72 Å². The molecule has 112 valence electrons. The van der Waals surface area contributed by atoms with Gasteiger partial charge in [0.05, 0.1) is 6.04 Å². The van der Waals surface area contributed by atoms with E-state index in [0.29, 0.717) is 6.42 Å². The van der Waals surface area contributed by atoms with Crippen LogP contribution in [0, 0.1) is 16.0 Å². The lowest BCUT2D eigenvalue weighted by Gasteiger charge is -2.25. The van der Waals surface area contributed by atoms with Crippen LogP contribution < -0.4 is 4.90 Å². The van der Waals surface area contributed by atoms with Gasteiger partial charge in [0.1, 0.15) is 5.92 Å². The Balaban J connectivity index is 1.98. The van der Waals surface area contributed by atoms with Gasteiger partial charge >= 0.3 is 0 Å². The molecule has 1 aliphatic heterocycles. The zero-order valence-electron chi connectivity index (χ0n) is 12.0. The van der Waals surface area contributed by atoms with Crippen LogP contribution in [-0.2, 0) is 4.79 Å². The van der Waals surface area contributed by atoms with Crippen LogP contribution in [0.15, 0.2) is 60.7 Å². The second-order valence-electron chi connectivity index (χ2n) is 5.42. The Kier molecular flexibility index (Phi) is 3.87. The fourth-order valence-corrected chi connectivity index (χ4v) is 3.01. The summed E-state index contributed by atoms with van der Waals surface area (Å²) in [5.41, 5.74) is 1.79. The summed E-state index contributed by atoms with van der Waals surface area (Å²) in [4.78, 5) is 24.8. The summed E-state index contributed by atoms with van der Waals surface area (Å²) in [6.45, 7) is -0.314. The highest BCUT2D eigenvalue weighted by atomic mass is 16.6. The molecule has 2 aromatic rings. The summed E-state index contributed by atoms with van der Waals surface area (Å²) in [5, 5.41) is 10.8.